The van der Waals surface area contributed by atoms with Crippen LogP contribution in [0.25, 0.3) is 0 Å². The van der Waals surface area contributed by atoms with Crippen molar-refractivity contribution >= 4 is 0 Å². The average molecular weight is 206 g/mol. The van der Waals surface area contributed by atoms with Crippen molar-refractivity contribution < 1.29 is 5.11 Å². The minimum absolute atomic E-state index is 0.271. The van der Waals surface area contributed by atoms with Crippen LogP contribution in [0.5, 0.6) is 0 Å². The summed E-state index contributed by atoms with van der Waals surface area (Å²) >= 11 is 0. The van der Waals surface area contributed by atoms with Gasteiger partial charge in [0, 0.05) is 0 Å². The molecule has 0 aromatic heterocycles. The quantitative estimate of drug-likeness (QED) is 0.666. The molecule has 0 aliphatic carbocycles. The van der Waals surface area contributed by atoms with E-state index in [0.29, 0.717) is 0 Å². The van der Waals surface area contributed by atoms with Gasteiger partial charge in [-0.1, -0.05) is 69.4 Å². The van der Waals surface area contributed by atoms with Crippen molar-refractivity contribution in [1.29, 1.82) is 0 Å². The van der Waals surface area contributed by atoms with Crippen LogP contribution in [0, 0.1) is 0 Å². The van der Waals surface area contributed by atoms with E-state index in [9.17, 15) is 5.11 Å². The largest absolute Gasteiger partial charge is 0.388 e. The molecule has 84 valence electrons. The third-order valence-corrected chi connectivity index (χ3v) is 2.77. The summed E-state index contributed by atoms with van der Waals surface area (Å²) < 4.78 is 0. The summed E-state index contributed by atoms with van der Waals surface area (Å²) in [5.41, 5.74) is 1.05. The van der Waals surface area contributed by atoms with Crippen LogP contribution < -0.4 is 0 Å². The third kappa shape index (κ3) is 4.98. The second-order valence-corrected chi connectivity index (χ2v) is 4.13. The molecular formula is C14H22O. The van der Waals surface area contributed by atoms with Crippen LogP contribution in [0.2, 0.25) is 0 Å². The lowest BCUT2D eigenvalue weighted by atomic mass is 10.0. The second-order valence-electron chi connectivity index (χ2n) is 4.13. The number of hydrogen-bond acceptors (Lipinski definition) is 1. The van der Waals surface area contributed by atoms with Crippen LogP contribution in [0.15, 0.2) is 30.3 Å². The molecule has 0 aliphatic rings. The molecule has 0 radical (unpaired) electrons. The standard InChI is InChI=1S/C14H22O/c1-2-3-4-5-9-12-14(15)13-10-7-6-8-11-13/h6-8,10-11,14-15H,2-5,9,12H2,1H3/t14-/m1/s1. The normalized spacial score (nSPS) is 12.7. The molecule has 0 amide bonds. The zero-order chi connectivity index (χ0) is 10.9. The Hall–Kier alpha value is -0.820. The zero-order valence-corrected chi connectivity index (χ0v) is 9.65. The molecule has 1 rings (SSSR count). The summed E-state index contributed by atoms with van der Waals surface area (Å²) in [4.78, 5) is 0. The second kappa shape index (κ2) is 7.47. The number of unbranched alkanes of at least 4 members (excludes halogenated alkanes) is 4. The molecule has 1 heteroatoms. The molecule has 0 spiro atoms. The fourth-order valence-corrected chi connectivity index (χ4v) is 1.78. The van der Waals surface area contributed by atoms with Crippen LogP contribution in [-0.4, -0.2) is 5.11 Å². The monoisotopic (exact) mass is 206 g/mol. The first kappa shape index (κ1) is 12.3. The molecule has 0 bridgehead atoms. The van der Waals surface area contributed by atoms with Gasteiger partial charge in [-0.25, -0.2) is 0 Å². The Morgan fingerprint density at radius 2 is 1.67 bits per heavy atom. The molecule has 1 atom stereocenters. The van der Waals surface area contributed by atoms with Gasteiger partial charge >= 0.3 is 0 Å². The fourth-order valence-electron chi connectivity index (χ4n) is 1.78. The first-order chi connectivity index (χ1) is 7.34. The molecular weight excluding hydrogens is 184 g/mol. The van der Waals surface area contributed by atoms with Gasteiger partial charge in [0.1, 0.15) is 0 Å². The highest BCUT2D eigenvalue weighted by Gasteiger charge is 2.05. The van der Waals surface area contributed by atoms with E-state index in [1.165, 1.54) is 25.7 Å². The SMILES string of the molecule is CCCCCCC[C@@H](O)c1ccccc1. The van der Waals surface area contributed by atoms with E-state index in [-0.39, 0.29) is 6.10 Å². The topological polar surface area (TPSA) is 20.2 Å². The highest BCUT2D eigenvalue weighted by atomic mass is 16.3. The predicted molar refractivity (Wildman–Crippen MR) is 64.8 cm³/mol. The van der Waals surface area contributed by atoms with Gasteiger partial charge < -0.3 is 5.11 Å². The van der Waals surface area contributed by atoms with E-state index in [0.717, 1.165) is 18.4 Å². The Morgan fingerprint density at radius 3 is 2.33 bits per heavy atom. The van der Waals surface area contributed by atoms with Crippen LogP contribution in [-0.2, 0) is 0 Å². The van der Waals surface area contributed by atoms with Crippen molar-refractivity contribution in [3.05, 3.63) is 35.9 Å². The van der Waals surface area contributed by atoms with Crippen LogP contribution >= 0.6 is 0 Å². The number of benzene rings is 1. The van der Waals surface area contributed by atoms with Gasteiger partial charge in [0.05, 0.1) is 6.10 Å². The number of aliphatic hydroxyl groups is 1. The number of hydrogen-bond donors (Lipinski definition) is 1. The molecule has 0 saturated heterocycles. The van der Waals surface area contributed by atoms with Crippen LogP contribution in [0.1, 0.15) is 57.1 Å². The van der Waals surface area contributed by atoms with E-state index < -0.39 is 0 Å². The maximum Gasteiger partial charge on any atom is 0.0790 e. The van der Waals surface area contributed by atoms with Crippen LogP contribution in [0.4, 0.5) is 0 Å². The highest BCUT2D eigenvalue weighted by Crippen LogP contribution is 2.19. The van der Waals surface area contributed by atoms with Crippen molar-refractivity contribution in [3.8, 4) is 0 Å². The highest BCUT2D eigenvalue weighted by molar-refractivity contribution is 5.16. The fraction of sp³-hybridized carbons (Fsp3) is 0.571. The van der Waals surface area contributed by atoms with Crippen molar-refractivity contribution in [3.63, 3.8) is 0 Å². The molecule has 15 heavy (non-hydrogen) atoms. The van der Waals surface area contributed by atoms with Gasteiger partial charge in [-0.3, -0.25) is 0 Å². The summed E-state index contributed by atoms with van der Waals surface area (Å²) in [6.07, 6.45) is 6.91. The molecule has 0 aliphatic heterocycles. The van der Waals surface area contributed by atoms with Crippen LogP contribution in [0.3, 0.4) is 0 Å². The van der Waals surface area contributed by atoms with E-state index in [2.05, 4.69) is 6.92 Å². The summed E-state index contributed by atoms with van der Waals surface area (Å²) in [6, 6.07) is 9.94. The Morgan fingerprint density at radius 1 is 1.00 bits per heavy atom. The van der Waals surface area contributed by atoms with E-state index in [4.69, 9.17) is 0 Å². The Labute approximate surface area is 93.1 Å². The van der Waals surface area contributed by atoms with Gasteiger partial charge in [-0.15, -0.1) is 0 Å². The van der Waals surface area contributed by atoms with Gasteiger partial charge in [0.2, 0.25) is 0 Å². The maximum absolute atomic E-state index is 9.88. The molecule has 0 saturated carbocycles. The predicted octanol–water partition coefficient (Wildman–Crippen LogP) is 4.08. The van der Waals surface area contributed by atoms with E-state index in [1.807, 2.05) is 30.3 Å². The van der Waals surface area contributed by atoms with Gasteiger partial charge in [-0.05, 0) is 12.0 Å². The van der Waals surface area contributed by atoms with Crippen molar-refractivity contribution in [2.45, 2.75) is 51.6 Å². The Kier molecular flexibility index (Phi) is 6.10. The summed E-state index contributed by atoms with van der Waals surface area (Å²) in [7, 11) is 0. The lowest BCUT2D eigenvalue weighted by Crippen LogP contribution is -1.96. The Balaban J connectivity index is 2.16. The van der Waals surface area contributed by atoms with Crippen molar-refractivity contribution in [1.82, 2.24) is 0 Å². The first-order valence-electron chi connectivity index (χ1n) is 6.07. The molecule has 1 aromatic carbocycles. The molecule has 1 aromatic rings. The third-order valence-electron chi connectivity index (χ3n) is 2.77. The zero-order valence-electron chi connectivity index (χ0n) is 9.65. The summed E-state index contributed by atoms with van der Waals surface area (Å²) in [5.74, 6) is 0. The van der Waals surface area contributed by atoms with E-state index >= 15 is 0 Å². The minimum Gasteiger partial charge on any atom is -0.388 e. The molecule has 0 unspecified atom stereocenters. The van der Waals surface area contributed by atoms with E-state index in [1.54, 1.807) is 0 Å². The molecule has 0 heterocycles. The molecule has 1 N–H and O–H groups in total. The maximum atomic E-state index is 9.88. The van der Waals surface area contributed by atoms with Crippen molar-refractivity contribution in [2.24, 2.45) is 0 Å². The minimum atomic E-state index is -0.271. The Bertz CT molecular complexity index is 243. The first-order valence-corrected chi connectivity index (χ1v) is 6.07. The lowest BCUT2D eigenvalue weighted by Gasteiger charge is -2.10. The molecule has 1 nitrogen and oxygen atoms in total. The number of aliphatic hydroxyl groups excluding tert-OH is 1. The number of rotatable bonds is 7. The molecule has 0 fully saturated rings. The summed E-state index contributed by atoms with van der Waals surface area (Å²) in [6.45, 7) is 2.22. The lowest BCUT2D eigenvalue weighted by molar-refractivity contribution is 0.163. The van der Waals surface area contributed by atoms with Gasteiger partial charge in [0.15, 0.2) is 0 Å². The van der Waals surface area contributed by atoms with Gasteiger partial charge in [0.25, 0.3) is 0 Å². The smallest absolute Gasteiger partial charge is 0.0790 e. The summed E-state index contributed by atoms with van der Waals surface area (Å²) in [5, 5.41) is 9.88. The van der Waals surface area contributed by atoms with Crippen molar-refractivity contribution in [2.75, 3.05) is 0 Å². The average Bonchev–Trinajstić information content (AvgIpc) is 2.30. The van der Waals surface area contributed by atoms with Gasteiger partial charge in [-0.2, -0.15) is 0 Å².